The number of nitrogens with one attached hydrogen (secondary N) is 1. The fourth-order valence-electron chi connectivity index (χ4n) is 2.81. The topological polar surface area (TPSA) is 38.0 Å². The zero-order valence-corrected chi connectivity index (χ0v) is 16.0. The highest BCUT2D eigenvalue weighted by Crippen LogP contribution is 2.27. The molecule has 0 saturated carbocycles. The molecule has 136 valence electrons. The second kappa shape index (κ2) is 11.4. The first-order valence-electron chi connectivity index (χ1n) is 9.23. The summed E-state index contributed by atoms with van der Waals surface area (Å²) >= 11 is 0. The van der Waals surface area contributed by atoms with Crippen molar-refractivity contribution in [3.05, 3.63) is 78.2 Å². The van der Waals surface area contributed by atoms with Gasteiger partial charge in [-0.2, -0.15) is 0 Å². The maximum Gasteiger partial charge on any atom is 0.0549 e. The van der Waals surface area contributed by atoms with Crippen molar-refractivity contribution in [1.29, 1.82) is 0 Å². The Morgan fingerprint density at radius 1 is 1.20 bits per heavy atom. The summed E-state index contributed by atoms with van der Waals surface area (Å²) in [6, 6.07) is 8.72. The summed E-state index contributed by atoms with van der Waals surface area (Å²) in [5.41, 5.74) is 11.2. The van der Waals surface area contributed by atoms with Gasteiger partial charge in [-0.05, 0) is 55.7 Å². The van der Waals surface area contributed by atoms with Crippen molar-refractivity contribution < 1.29 is 0 Å². The van der Waals surface area contributed by atoms with Crippen molar-refractivity contribution in [3.63, 3.8) is 0 Å². The van der Waals surface area contributed by atoms with Crippen LogP contribution < -0.4 is 11.1 Å². The Bertz CT molecular complexity index is 593. The number of nitrogens with two attached hydrogens (primary N) is 1. The van der Waals surface area contributed by atoms with Crippen LogP contribution in [0, 0.1) is 0 Å². The zero-order chi connectivity index (χ0) is 18.7. The van der Waals surface area contributed by atoms with Crippen LogP contribution in [0.4, 0.5) is 0 Å². The molecule has 0 aliphatic carbocycles. The standard InChI is InChI=1S/C23H34N2/c1-6-8-10-21(9-7-2)22-13-11-20(12-14-22)17-23(24)19(5)25-16-15-18(3)4/h6,11-14,17,21,25H,1,3,5,7-10,15-16,24H2,2,4H3/b23-17-. The molecule has 0 aliphatic rings. The van der Waals surface area contributed by atoms with Gasteiger partial charge >= 0.3 is 0 Å². The molecule has 3 N–H and O–H groups in total. The second-order valence-corrected chi connectivity index (χ2v) is 6.73. The molecule has 25 heavy (non-hydrogen) atoms. The Morgan fingerprint density at radius 2 is 1.88 bits per heavy atom. The van der Waals surface area contributed by atoms with Gasteiger partial charge in [-0.3, -0.25) is 0 Å². The molecular weight excluding hydrogens is 304 g/mol. The monoisotopic (exact) mass is 338 g/mol. The second-order valence-electron chi connectivity index (χ2n) is 6.73. The fraction of sp³-hybridized carbons (Fsp3) is 0.391. The third kappa shape index (κ3) is 7.93. The largest absolute Gasteiger partial charge is 0.397 e. The van der Waals surface area contributed by atoms with E-state index < -0.39 is 0 Å². The first kappa shape index (κ1) is 20.8. The highest BCUT2D eigenvalue weighted by atomic mass is 14.9. The number of hydrogen-bond acceptors (Lipinski definition) is 2. The Balaban J connectivity index is 2.71. The van der Waals surface area contributed by atoms with E-state index in [1.54, 1.807) is 0 Å². The minimum absolute atomic E-state index is 0.608. The van der Waals surface area contributed by atoms with Gasteiger partial charge < -0.3 is 11.1 Å². The van der Waals surface area contributed by atoms with Crippen molar-refractivity contribution in [1.82, 2.24) is 5.32 Å². The van der Waals surface area contributed by atoms with Crippen LogP contribution in [0.15, 0.2) is 67.0 Å². The predicted molar refractivity (Wildman–Crippen MR) is 112 cm³/mol. The van der Waals surface area contributed by atoms with Crippen molar-refractivity contribution in [2.75, 3.05) is 6.54 Å². The van der Waals surface area contributed by atoms with Gasteiger partial charge in [0.05, 0.1) is 11.4 Å². The molecule has 0 fully saturated rings. The molecule has 0 amide bonds. The van der Waals surface area contributed by atoms with Gasteiger partial charge in [0.2, 0.25) is 0 Å². The fourth-order valence-corrected chi connectivity index (χ4v) is 2.81. The van der Waals surface area contributed by atoms with Crippen LogP contribution in [0.25, 0.3) is 6.08 Å². The Hall–Kier alpha value is -2.22. The summed E-state index contributed by atoms with van der Waals surface area (Å²) in [5, 5.41) is 3.25. The minimum Gasteiger partial charge on any atom is -0.397 e. The summed E-state index contributed by atoms with van der Waals surface area (Å²) in [5.74, 6) is 0.608. The Kier molecular flexibility index (Phi) is 9.46. The summed E-state index contributed by atoms with van der Waals surface area (Å²) < 4.78 is 0. The van der Waals surface area contributed by atoms with E-state index in [4.69, 9.17) is 5.73 Å². The third-order valence-electron chi connectivity index (χ3n) is 4.33. The molecule has 2 heteroatoms. The van der Waals surface area contributed by atoms with Crippen LogP contribution in [-0.2, 0) is 0 Å². The summed E-state index contributed by atoms with van der Waals surface area (Å²) in [4.78, 5) is 0. The molecular formula is C23H34N2. The maximum atomic E-state index is 6.14. The summed E-state index contributed by atoms with van der Waals surface area (Å²) in [6.45, 7) is 16.8. The molecule has 1 aromatic carbocycles. The van der Waals surface area contributed by atoms with Crippen LogP contribution in [0.5, 0.6) is 0 Å². The predicted octanol–water partition coefficient (Wildman–Crippen LogP) is 5.91. The molecule has 1 atom stereocenters. The van der Waals surface area contributed by atoms with Crippen molar-refractivity contribution in [2.45, 2.75) is 51.9 Å². The van der Waals surface area contributed by atoms with Crippen molar-refractivity contribution in [3.8, 4) is 0 Å². The van der Waals surface area contributed by atoms with Crippen LogP contribution in [0.1, 0.15) is 63.0 Å². The quantitative estimate of drug-likeness (QED) is 0.367. The van der Waals surface area contributed by atoms with Gasteiger partial charge in [0.1, 0.15) is 0 Å². The zero-order valence-electron chi connectivity index (χ0n) is 16.0. The summed E-state index contributed by atoms with van der Waals surface area (Å²) in [7, 11) is 0. The number of hydrogen-bond donors (Lipinski definition) is 2. The molecule has 1 rings (SSSR count). The Morgan fingerprint density at radius 3 is 2.44 bits per heavy atom. The highest BCUT2D eigenvalue weighted by molar-refractivity contribution is 5.57. The molecule has 0 bridgehead atoms. The van der Waals surface area contributed by atoms with Crippen LogP contribution in [0.3, 0.4) is 0 Å². The van der Waals surface area contributed by atoms with Gasteiger partial charge in [-0.1, -0.05) is 55.8 Å². The lowest BCUT2D eigenvalue weighted by Crippen LogP contribution is -2.19. The minimum atomic E-state index is 0.608. The van der Waals surface area contributed by atoms with Gasteiger partial charge in [-0.15, -0.1) is 13.2 Å². The smallest absolute Gasteiger partial charge is 0.0549 e. The van der Waals surface area contributed by atoms with E-state index in [1.807, 2.05) is 19.1 Å². The van der Waals surface area contributed by atoms with Crippen LogP contribution in [-0.4, -0.2) is 6.54 Å². The first-order chi connectivity index (χ1) is 12.0. The van der Waals surface area contributed by atoms with E-state index in [0.717, 1.165) is 42.6 Å². The van der Waals surface area contributed by atoms with E-state index in [1.165, 1.54) is 18.4 Å². The van der Waals surface area contributed by atoms with E-state index in [2.05, 4.69) is 56.2 Å². The average molecular weight is 339 g/mol. The van der Waals surface area contributed by atoms with Crippen LogP contribution in [0.2, 0.25) is 0 Å². The normalized spacial score (nSPS) is 12.5. The van der Waals surface area contributed by atoms with Gasteiger partial charge in [-0.25, -0.2) is 0 Å². The van der Waals surface area contributed by atoms with Crippen molar-refractivity contribution >= 4 is 6.08 Å². The van der Waals surface area contributed by atoms with Crippen molar-refractivity contribution in [2.24, 2.45) is 5.73 Å². The maximum absolute atomic E-state index is 6.14. The van der Waals surface area contributed by atoms with E-state index in [-0.39, 0.29) is 0 Å². The summed E-state index contributed by atoms with van der Waals surface area (Å²) in [6.07, 6.45) is 9.55. The van der Waals surface area contributed by atoms with Gasteiger partial charge in [0, 0.05) is 6.54 Å². The molecule has 1 unspecified atom stereocenters. The van der Waals surface area contributed by atoms with E-state index >= 15 is 0 Å². The molecule has 0 spiro atoms. The number of rotatable bonds is 12. The molecule has 0 aromatic heterocycles. The number of allylic oxidation sites excluding steroid dienone is 1. The highest BCUT2D eigenvalue weighted by Gasteiger charge is 2.09. The molecule has 1 aromatic rings. The van der Waals surface area contributed by atoms with E-state index in [0.29, 0.717) is 11.6 Å². The molecule has 0 aliphatic heterocycles. The molecule has 0 heterocycles. The van der Waals surface area contributed by atoms with Crippen LogP contribution >= 0.6 is 0 Å². The third-order valence-corrected chi connectivity index (χ3v) is 4.33. The van der Waals surface area contributed by atoms with Gasteiger partial charge in [0.25, 0.3) is 0 Å². The molecule has 2 nitrogen and oxygen atoms in total. The Labute approximate surface area is 154 Å². The van der Waals surface area contributed by atoms with Gasteiger partial charge in [0.15, 0.2) is 0 Å². The lowest BCUT2D eigenvalue weighted by Gasteiger charge is -2.16. The average Bonchev–Trinajstić information content (AvgIpc) is 2.59. The molecule has 0 radical (unpaired) electrons. The lowest BCUT2D eigenvalue weighted by atomic mass is 9.89. The lowest BCUT2D eigenvalue weighted by molar-refractivity contribution is 0.574. The van der Waals surface area contributed by atoms with E-state index in [9.17, 15) is 0 Å². The SMILES string of the molecule is C=CCCC(CCC)c1ccc(/C=C(\N)C(=C)NCCC(=C)C)cc1. The molecule has 0 saturated heterocycles. The first-order valence-corrected chi connectivity index (χ1v) is 9.23. The number of benzene rings is 1.